The van der Waals surface area contributed by atoms with Gasteiger partial charge in [0.15, 0.2) is 0 Å². The highest BCUT2D eigenvalue weighted by Crippen LogP contribution is 1.99. The molecule has 0 spiro atoms. The van der Waals surface area contributed by atoms with Crippen LogP contribution < -0.4 is 0 Å². The zero-order valence-corrected chi connectivity index (χ0v) is 9.71. The average Bonchev–Trinajstić information content (AvgIpc) is 2.95. The first-order valence-electron chi connectivity index (χ1n) is 5.31. The zero-order valence-electron chi connectivity index (χ0n) is 8.96. The van der Waals surface area contributed by atoms with Gasteiger partial charge in [0, 0.05) is 24.5 Å². The van der Waals surface area contributed by atoms with E-state index in [1.165, 1.54) is 0 Å². The van der Waals surface area contributed by atoms with Crippen LogP contribution in [0.4, 0.5) is 0 Å². The summed E-state index contributed by atoms with van der Waals surface area (Å²) in [5.74, 6) is 0.667. The normalized spacial score (nSPS) is 10.8. The Hall–Kier alpha value is -1.36. The number of hydrogen-bond acceptors (Lipinski definition) is 3. The van der Waals surface area contributed by atoms with Gasteiger partial charge >= 0.3 is 0 Å². The lowest BCUT2D eigenvalue weighted by atomic mass is 10.3. The summed E-state index contributed by atoms with van der Waals surface area (Å²) in [6, 6.07) is 1.91. The molecule has 6 heteroatoms. The first-order valence-corrected chi connectivity index (χ1v) is 5.84. The number of nitrogens with zero attached hydrogens (tertiary/aromatic N) is 5. The Morgan fingerprint density at radius 1 is 1.25 bits per heavy atom. The Labute approximate surface area is 99.0 Å². The molecule has 86 valence electrons. The first kappa shape index (κ1) is 11.1. The highest BCUT2D eigenvalue weighted by Gasteiger charge is 2.00. The molecule has 0 saturated heterocycles. The van der Waals surface area contributed by atoms with E-state index in [4.69, 9.17) is 11.6 Å². The highest BCUT2D eigenvalue weighted by atomic mass is 35.5. The molecule has 0 saturated carbocycles. The lowest BCUT2D eigenvalue weighted by Crippen LogP contribution is -2.08. The summed E-state index contributed by atoms with van der Waals surface area (Å²) in [6.45, 7) is 1.60. The van der Waals surface area contributed by atoms with Gasteiger partial charge in [-0.2, -0.15) is 5.10 Å². The van der Waals surface area contributed by atoms with Crippen molar-refractivity contribution in [2.24, 2.45) is 0 Å². The molecule has 2 aromatic heterocycles. The maximum atomic E-state index is 5.62. The number of halogens is 1. The molecule has 2 heterocycles. The van der Waals surface area contributed by atoms with Crippen molar-refractivity contribution in [2.45, 2.75) is 25.9 Å². The van der Waals surface area contributed by atoms with E-state index in [0.29, 0.717) is 5.88 Å². The molecule has 2 aromatic rings. The molecule has 0 N–H and O–H groups in total. The Bertz CT molecular complexity index is 409. The monoisotopic (exact) mass is 239 g/mol. The Balaban J connectivity index is 1.83. The smallest absolute Gasteiger partial charge is 0.0827 e. The largest absolute Gasteiger partial charge is 0.271 e. The van der Waals surface area contributed by atoms with Gasteiger partial charge in [-0.3, -0.25) is 9.36 Å². The lowest BCUT2D eigenvalue weighted by molar-refractivity contribution is 0.490. The first-order chi connectivity index (χ1) is 7.88. The Kier molecular flexibility index (Phi) is 3.93. The van der Waals surface area contributed by atoms with Crippen molar-refractivity contribution in [1.29, 1.82) is 0 Å². The fourth-order valence-electron chi connectivity index (χ4n) is 1.45. The van der Waals surface area contributed by atoms with Crippen LogP contribution in [-0.2, 0) is 19.5 Å². The number of aromatic nitrogens is 5. The average molecular weight is 240 g/mol. The van der Waals surface area contributed by atoms with Crippen molar-refractivity contribution < 1.29 is 0 Å². The van der Waals surface area contributed by atoms with Crippen LogP contribution in [0.1, 0.15) is 12.1 Å². The number of alkyl halides is 1. The van der Waals surface area contributed by atoms with Gasteiger partial charge in [-0.05, 0) is 18.9 Å². The minimum Gasteiger partial charge on any atom is -0.271 e. The molecule has 0 unspecified atom stereocenters. The van der Waals surface area contributed by atoms with E-state index >= 15 is 0 Å². The molecule has 0 bridgehead atoms. The zero-order chi connectivity index (χ0) is 11.2. The summed E-state index contributed by atoms with van der Waals surface area (Å²) in [6.07, 6.45) is 7.51. The van der Waals surface area contributed by atoms with Crippen molar-refractivity contribution in [3.63, 3.8) is 0 Å². The van der Waals surface area contributed by atoms with Gasteiger partial charge in [-0.25, -0.2) is 0 Å². The predicted octanol–water partition coefficient (Wildman–Crippen LogP) is 1.35. The molecule has 0 aliphatic rings. The summed E-state index contributed by atoms with van der Waals surface area (Å²) in [5, 5.41) is 12.3. The van der Waals surface area contributed by atoms with Crippen LogP contribution in [0.15, 0.2) is 24.7 Å². The van der Waals surface area contributed by atoms with E-state index in [1.807, 2.05) is 27.8 Å². The summed E-state index contributed by atoms with van der Waals surface area (Å²) in [4.78, 5) is 0. The van der Waals surface area contributed by atoms with Gasteiger partial charge in [0.05, 0.1) is 18.8 Å². The quantitative estimate of drug-likeness (QED) is 0.715. The van der Waals surface area contributed by atoms with Crippen LogP contribution in [0.3, 0.4) is 0 Å². The summed E-state index contributed by atoms with van der Waals surface area (Å²) < 4.78 is 3.71. The SMILES string of the molecule is ClCCCc1cn(CCn2cccn2)nn1. The van der Waals surface area contributed by atoms with Gasteiger partial charge in [0.2, 0.25) is 0 Å². The van der Waals surface area contributed by atoms with Crippen LogP contribution in [0.2, 0.25) is 0 Å². The van der Waals surface area contributed by atoms with Gasteiger partial charge in [0.25, 0.3) is 0 Å². The van der Waals surface area contributed by atoms with E-state index in [-0.39, 0.29) is 0 Å². The molecule has 0 radical (unpaired) electrons. The fraction of sp³-hybridized carbons (Fsp3) is 0.500. The van der Waals surface area contributed by atoms with Crippen LogP contribution in [0, 0.1) is 0 Å². The van der Waals surface area contributed by atoms with Gasteiger partial charge < -0.3 is 0 Å². The van der Waals surface area contributed by atoms with Crippen LogP contribution in [-0.4, -0.2) is 30.7 Å². The molecule has 0 atom stereocenters. The van der Waals surface area contributed by atoms with Crippen molar-refractivity contribution in [3.8, 4) is 0 Å². The summed E-state index contributed by atoms with van der Waals surface area (Å²) in [7, 11) is 0. The highest BCUT2D eigenvalue weighted by molar-refractivity contribution is 6.17. The topological polar surface area (TPSA) is 48.5 Å². The third-order valence-corrected chi connectivity index (χ3v) is 2.54. The van der Waals surface area contributed by atoms with E-state index in [1.54, 1.807) is 6.20 Å². The molecule has 0 aromatic carbocycles. The number of hydrogen-bond donors (Lipinski definition) is 0. The third kappa shape index (κ3) is 3.06. The standard InChI is InChI=1S/C10H14ClN5/c11-4-1-3-10-9-16(14-13-10)8-7-15-6-2-5-12-15/h2,5-6,9H,1,3-4,7-8H2. The maximum absolute atomic E-state index is 5.62. The second kappa shape index (κ2) is 5.65. The fourth-order valence-corrected chi connectivity index (χ4v) is 1.58. The third-order valence-electron chi connectivity index (χ3n) is 2.27. The van der Waals surface area contributed by atoms with Crippen molar-refractivity contribution >= 4 is 11.6 Å². The molecular weight excluding hydrogens is 226 g/mol. The predicted molar refractivity (Wildman–Crippen MR) is 61.3 cm³/mol. The minimum atomic E-state index is 0.667. The molecule has 0 aliphatic carbocycles. The minimum absolute atomic E-state index is 0.667. The molecule has 0 fully saturated rings. The molecule has 16 heavy (non-hydrogen) atoms. The van der Waals surface area contributed by atoms with Crippen molar-refractivity contribution in [3.05, 3.63) is 30.4 Å². The second-order valence-corrected chi connectivity index (χ2v) is 3.91. The lowest BCUT2D eigenvalue weighted by Gasteiger charge is -2.00. The van der Waals surface area contributed by atoms with Crippen LogP contribution in [0.25, 0.3) is 0 Å². The van der Waals surface area contributed by atoms with Gasteiger partial charge in [-0.15, -0.1) is 16.7 Å². The van der Waals surface area contributed by atoms with E-state index in [0.717, 1.165) is 31.6 Å². The van der Waals surface area contributed by atoms with E-state index < -0.39 is 0 Å². The molecule has 0 amide bonds. The molecular formula is C10H14ClN5. The molecule has 0 aliphatic heterocycles. The van der Waals surface area contributed by atoms with Crippen molar-refractivity contribution in [1.82, 2.24) is 24.8 Å². The van der Waals surface area contributed by atoms with E-state index in [2.05, 4.69) is 15.4 Å². The van der Waals surface area contributed by atoms with Crippen LogP contribution in [0.5, 0.6) is 0 Å². The molecule has 5 nitrogen and oxygen atoms in total. The summed E-state index contributed by atoms with van der Waals surface area (Å²) >= 11 is 5.62. The number of rotatable bonds is 6. The Morgan fingerprint density at radius 2 is 2.12 bits per heavy atom. The maximum Gasteiger partial charge on any atom is 0.0827 e. The van der Waals surface area contributed by atoms with E-state index in [9.17, 15) is 0 Å². The summed E-state index contributed by atoms with van der Waals surface area (Å²) in [5.41, 5.74) is 1.00. The van der Waals surface area contributed by atoms with Gasteiger partial charge in [-0.1, -0.05) is 5.21 Å². The number of aryl methyl sites for hydroxylation is 3. The van der Waals surface area contributed by atoms with Crippen molar-refractivity contribution in [2.75, 3.05) is 5.88 Å². The Morgan fingerprint density at radius 3 is 2.88 bits per heavy atom. The van der Waals surface area contributed by atoms with Crippen LogP contribution >= 0.6 is 11.6 Å². The van der Waals surface area contributed by atoms with Gasteiger partial charge in [0.1, 0.15) is 0 Å². The second-order valence-electron chi connectivity index (χ2n) is 3.53. The molecule has 2 rings (SSSR count).